The molecule has 0 saturated carbocycles. The molecule has 1 atom stereocenters. The molecule has 0 saturated heterocycles. The average Bonchev–Trinajstić information content (AvgIpc) is 2.73. The van der Waals surface area contributed by atoms with Crippen LogP contribution in [0.1, 0.15) is 21.5 Å². The number of hydrogen-bond donors (Lipinski definition) is 2. The number of aromatic nitrogens is 1. The molecule has 8 heteroatoms. The minimum atomic E-state index is -2.87. The van der Waals surface area contributed by atoms with Crippen LogP contribution in [0.2, 0.25) is 0 Å². The lowest BCUT2D eigenvalue weighted by atomic mass is 10.1. The molecule has 7 nitrogen and oxygen atoms in total. The number of amides is 2. The SMILES string of the molecule is CS(=O)(=NC(=O)c1cncc(C#Cc2ccc(NC(=O)O)cc2)c1)c1ccccc1. The second-order valence-corrected chi connectivity index (χ2v) is 8.49. The molecule has 0 aliphatic rings. The van der Waals surface area contributed by atoms with E-state index >= 15 is 0 Å². The van der Waals surface area contributed by atoms with E-state index in [4.69, 9.17) is 5.11 Å². The summed E-state index contributed by atoms with van der Waals surface area (Å²) in [4.78, 5) is 27.6. The number of anilines is 1. The average molecular weight is 419 g/mol. The quantitative estimate of drug-likeness (QED) is 0.627. The van der Waals surface area contributed by atoms with Gasteiger partial charge in [0.05, 0.1) is 15.3 Å². The van der Waals surface area contributed by atoms with Crippen LogP contribution in [0.25, 0.3) is 0 Å². The van der Waals surface area contributed by atoms with Gasteiger partial charge in [-0.2, -0.15) is 4.36 Å². The molecule has 3 aromatic rings. The number of hydrogen-bond acceptors (Lipinski definition) is 4. The highest BCUT2D eigenvalue weighted by molar-refractivity contribution is 7.93. The smallest absolute Gasteiger partial charge is 0.409 e. The van der Waals surface area contributed by atoms with Gasteiger partial charge in [0.1, 0.15) is 0 Å². The Kier molecular flexibility index (Phi) is 6.25. The van der Waals surface area contributed by atoms with Gasteiger partial charge < -0.3 is 5.11 Å². The zero-order valence-corrected chi connectivity index (χ0v) is 16.7. The maximum Gasteiger partial charge on any atom is 0.409 e. The predicted octanol–water partition coefficient (Wildman–Crippen LogP) is 3.87. The summed E-state index contributed by atoms with van der Waals surface area (Å²) in [6.45, 7) is 0. The number of carbonyl (C=O) groups excluding carboxylic acids is 1. The summed E-state index contributed by atoms with van der Waals surface area (Å²) in [6.07, 6.45) is 3.13. The molecule has 1 heterocycles. The predicted molar refractivity (Wildman–Crippen MR) is 114 cm³/mol. The molecule has 150 valence electrons. The van der Waals surface area contributed by atoms with Crippen molar-refractivity contribution in [3.63, 3.8) is 0 Å². The second kappa shape index (κ2) is 9.03. The highest BCUT2D eigenvalue weighted by atomic mass is 32.2. The number of pyridine rings is 1. The topological polar surface area (TPSA) is 109 Å². The van der Waals surface area contributed by atoms with E-state index in [1.165, 1.54) is 24.7 Å². The van der Waals surface area contributed by atoms with Crippen molar-refractivity contribution in [2.24, 2.45) is 4.36 Å². The van der Waals surface area contributed by atoms with Crippen LogP contribution in [0.5, 0.6) is 0 Å². The van der Waals surface area contributed by atoms with Crippen molar-refractivity contribution >= 4 is 27.4 Å². The molecule has 1 unspecified atom stereocenters. The van der Waals surface area contributed by atoms with Gasteiger partial charge >= 0.3 is 6.09 Å². The zero-order chi connectivity index (χ0) is 21.6. The fourth-order valence-electron chi connectivity index (χ4n) is 2.47. The summed E-state index contributed by atoms with van der Waals surface area (Å²) in [5.41, 5.74) is 1.78. The van der Waals surface area contributed by atoms with E-state index in [0.717, 1.165) is 0 Å². The largest absolute Gasteiger partial charge is 0.465 e. The summed E-state index contributed by atoms with van der Waals surface area (Å²) in [5.74, 6) is 5.18. The monoisotopic (exact) mass is 419 g/mol. The third-order valence-corrected chi connectivity index (χ3v) is 5.57. The summed E-state index contributed by atoms with van der Waals surface area (Å²) in [7, 11) is -2.87. The van der Waals surface area contributed by atoms with Crippen LogP contribution in [0.3, 0.4) is 0 Å². The molecular weight excluding hydrogens is 402 g/mol. The number of carboxylic acid groups (broad SMARTS) is 1. The summed E-state index contributed by atoms with van der Waals surface area (Å²) in [6, 6.07) is 16.7. The van der Waals surface area contributed by atoms with Crippen LogP contribution in [0.15, 0.2) is 82.3 Å². The first kappa shape index (κ1) is 20.8. The van der Waals surface area contributed by atoms with Crippen molar-refractivity contribution in [1.29, 1.82) is 0 Å². The molecule has 2 aromatic carbocycles. The molecule has 0 radical (unpaired) electrons. The standard InChI is InChI=1S/C22H17N3O4S/c1-30(29,20-5-3-2-4-6-20)25-21(26)18-13-17(14-23-15-18)8-7-16-9-11-19(12-10-16)24-22(27)28/h2-6,9-15,24H,1H3,(H,27,28). The maximum absolute atomic E-state index is 12.8. The lowest BCUT2D eigenvalue weighted by Gasteiger charge is -2.03. The van der Waals surface area contributed by atoms with Crippen molar-refractivity contribution in [3.8, 4) is 11.8 Å². The summed E-state index contributed by atoms with van der Waals surface area (Å²) < 4.78 is 16.7. The Morgan fingerprint density at radius 3 is 2.33 bits per heavy atom. The molecule has 0 spiro atoms. The van der Waals surface area contributed by atoms with Gasteiger partial charge in [-0.1, -0.05) is 30.0 Å². The fourth-order valence-corrected chi connectivity index (χ4v) is 3.66. The highest BCUT2D eigenvalue weighted by Crippen LogP contribution is 2.13. The van der Waals surface area contributed by atoms with Crippen molar-refractivity contribution in [2.45, 2.75) is 4.90 Å². The van der Waals surface area contributed by atoms with Crippen molar-refractivity contribution in [2.75, 3.05) is 11.6 Å². The van der Waals surface area contributed by atoms with Gasteiger partial charge in [-0.3, -0.25) is 15.1 Å². The molecule has 2 N–H and O–H groups in total. The van der Waals surface area contributed by atoms with Crippen molar-refractivity contribution in [3.05, 3.63) is 89.7 Å². The van der Waals surface area contributed by atoms with E-state index in [0.29, 0.717) is 21.7 Å². The minimum Gasteiger partial charge on any atom is -0.465 e. The molecular formula is C22H17N3O4S. The van der Waals surface area contributed by atoms with E-state index in [1.54, 1.807) is 54.6 Å². The molecule has 0 aliphatic carbocycles. The number of nitrogens with one attached hydrogen (secondary N) is 1. The Labute approximate surface area is 174 Å². The fraction of sp³-hybridized carbons (Fsp3) is 0.0455. The van der Waals surface area contributed by atoms with E-state index < -0.39 is 21.7 Å². The van der Waals surface area contributed by atoms with Crippen LogP contribution in [-0.4, -0.2) is 32.6 Å². The lowest BCUT2D eigenvalue weighted by molar-refractivity contribution is 0.100. The van der Waals surface area contributed by atoms with E-state index in [9.17, 15) is 13.8 Å². The van der Waals surface area contributed by atoms with E-state index in [1.807, 2.05) is 0 Å². The Hall–Kier alpha value is -3.96. The van der Waals surface area contributed by atoms with Gasteiger partial charge in [0.2, 0.25) is 0 Å². The third-order valence-electron chi connectivity index (χ3n) is 3.91. The molecule has 30 heavy (non-hydrogen) atoms. The summed E-state index contributed by atoms with van der Waals surface area (Å²) >= 11 is 0. The normalized spacial score (nSPS) is 12.0. The van der Waals surface area contributed by atoms with Crippen molar-refractivity contribution in [1.82, 2.24) is 4.98 Å². The van der Waals surface area contributed by atoms with Crippen molar-refractivity contribution < 1.29 is 18.9 Å². The first-order valence-electron chi connectivity index (χ1n) is 8.72. The van der Waals surface area contributed by atoms with Gasteiger partial charge in [-0.15, -0.1) is 0 Å². The molecule has 2 amide bonds. The first-order chi connectivity index (χ1) is 14.3. The highest BCUT2D eigenvalue weighted by Gasteiger charge is 2.11. The molecule has 0 bridgehead atoms. The van der Waals surface area contributed by atoms with Gasteiger partial charge in [0.15, 0.2) is 0 Å². The minimum absolute atomic E-state index is 0.188. The molecule has 1 aromatic heterocycles. The third kappa shape index (κ3) is 5.53. The van der Waals surface area contributed by atoms with E-state index in [-0.39, 0.29) is 5.56 Å². The Morgan fingerprint density at radius 2 is 1.67 bits per heavy atom. The summed E-state index contributed by atoms with van der Waals surface area (Å²) in [5, 5.41) is 10.9. The van der Waals surface area contributed by atoms with Crippen LogP contribution in [0.4, 0.5) is 10.5 Å². The number of nitrogens with zero attached hydrogens (tertiary/aromatic N) is 2. The molecule has 3 rings (SSSR count). The van der Waals surface area contributed by atoms with Crippen LogP contribution in [-0.2, 0) is 9.73 Å². The van der Waals surface area contributed by atoms with Gasteiger partial charge in [-0.25, -0.2) is 9.00 Å². The zero-order valence-electron chi connectivity index (χ0n) is 15.9. The number of benzene rings is 2. The van der Waals surface area contributed by atoms with Gasteiger partial charge in [0, 0.05) is 40.4 Å². The lowest BCUT2D eigenvalue weighted by Crippen LogP contribution is -2.06. The van der Waals surface area contributed by atoms with Crippen LogP contribution >= 0.6 is 0 Å². The number of carbonyl (C=O) groups is 2. The Morgan fingerprint density at radius 1 is 1.00 bits per heavy atom. The molecule has 0 aliphatic heterocycles. The number of rotatable bonds is 3. The Bertz CT molecular complexity index is 1270. The first-order valence-corrected chi connectivity index (χ1v) is 10.6. The molecule has 0 fully saturated rings. The maximum atomic E-state index is 12.8. The van der Waals surface area contributed by atoms with Crippen LogP contribution in [0, 0.1) is 11.8 Å². The van der Waals surface area contributed by atoms with Gasteiger partial charge in [0.25, 0.3) is 5.91 Å². The van der Waals surface area contributed by atoms with Gasteiger partial charge in [-0.05, 0) is 42.5 Å². The van der Waals surface area contributed by atoms with E-state index in [2.05, 4.69) is 26.5 Å². The van der Waals surface area contributed by atoms with Crippen LogP contribution < -0.4 is 5.32 Å². The Balaban J connectivity index is 1.81. The second-order valence-electron chi connectivity index (χ2n) is 6.23.